The number of aryl methyl sites for hydroxylation is 2. The molecule has 1 aromatic heterocycles. The maximum absolute atomic E-state index is 13.1. The van der Waals surface area contributed by atoms with E-state index in [1.165, 1.54) is 11.2 Å². The standard InChI is InChI=1S/C25H27N3O4S2/c1-16-9-10-21(17(2)15-16)34(31,32)28-13-11-20(12-14-28)24(30)27-25-26-22(23(33-25)18(3)29)19-7-5-4-6-8-19/h4-10,15,20H,11-14H2,1-3H3,(H,26,27,30). The van der Waals surface area contributed by atoms with Gasteiger partial charge in [-0.2, -0.15) is 4.31 Å². The number of thiazole rings is 1. The van der Waals surface area contributed by atoms with Crippen molar-refractivity contribution in [2.75, 3.05) is 18.4 Å². The first-order valence-electron chi connectivity index (χ1n) is 11.1. The number of amides is 1. The summed E-state index contributed by atoms with van der Waals surface area (Å²) in [4.78, 5) is 30.4. The number of piperidine rings is 1. The predicted octanol–water partition coefficient (Wildman–Crippen LogP) is 4.67. The van der Waals surface area contributed by atoms with E-state index < -0.39 is 10.0 Å². The molecule has 9 heteroatoms. The van der Waals surface area contributed by atoms with Crippen molar-refractivity contribution in [2.45, 2.75) is 38.5 Å². The molecule has 1 aliphatic rings. The van der Waals surface area contributed by atoms with Gasteiger partial charge in [0.2, 0.25) is 15.9 Å². The summed E-state index contributed by atoms with van der Waals surface area (Å²) in [6, 6.07) is 14.7. The van der Waals surface area contributed by atoms with Crippen LogP contribution in [-0.2, 0) is 14.8 Å². The Morgan fingerprint density at radius 2 is 1.74 bits per heavy atom. The summed E-state index contributed by atoms with van der Waals surface area (Å²) in [7, 11) is -3.61. The summed E-state index contributed by atoms with van der Waals surface area (Å²) in [5, 5.41) is 3.22. The smallest absolute Gasteiger partial charge is 0.243 e. The van der Waals surface area contributed by atoms with E-state index in [-0.39, 0.29) is 30.7 Å². The van der Waals surface area contributed by atoms with Crippen LogP contribution in [0.1, 0.15) is 40.6 Å². The van der Waals surface area contributed by atoms with Gasteiger partial charge in [-0.3, -0.25) is 9.59 Å². The summed E-state index contributed by atoms with van der Waals surface area (Å²) in [5.74, 6) is -0.635. The van der Waals surface area contributed by atoms with Gasteiger partial charge in [0.05, 0.1) is 15.5 Å². The zero-order valence-electron chi connectivity index (χ0n) is 19.4. The average Bonchev–Trinajstić information content (AvgIpc) is 3.23. The van der Waals surface area contributed by atoms with E-state index in [9.17, 15) is 18.0 Å². The largest absolute Gasteiger partial charge is 0.302 e. The zero-order chi connectivity index (χ0) is 24.5. The molecule has 7 nitrogen and oxygen atoms in total. The molecule has 1 N–H and O–H groups in total. The highest BCUT2D eigenvalue weighted by Crippen LogP contribution is 2.33. The van der Waals surface area contributed by atoms with Crippen LogP contribution < -0.4 is 5.32 Å². The molecule has 0 aliphatic carbocycles. The van der Waals surface area contributed by atoms with Gasteiger partial charge in [0.25, 0.3) is 0 Å². The van der Waals surface area contributed by atoms with Crippen molar-refractivity contribution >= 4 is 38.2 Å². The summed E-state index contributed by atoms with van der Waals surface area (Å²) < 4.78 is 27.7. The highest BCUT2D eigenvalue weighted by molar-refractivity contribution is 7.89. The second-order valence-electron chi connectivity index (χ2n) is 8.56. The van der Waals surface area contributed by atoms with Crippen LogP contribution in [-0.4, -0.2) is 42.5 Å². The molecule has 0 bridgehead atoms. The van der Waals surface area contributed by atoms with Crippen LogP contribution in [0.2, 0.25) is 0 Å². The normalized spacial score (nSPS) is 15.3. The third-order valence-corrected chi connectivity index (χ3v) is 9.13. The second-order valence-corrected chi connectivity index (χ2v) is 11.5. The number of carbonyl (C=O) groups is 2. The lowest BCUT2D eigenvalue weighted by molar-refractivity contribution is -0.120. The summed E-state index contributed by atoms with van der Waals surface area (Å²) >= 11 is 1.16. The predicted molar refractivity (Wildman–Crippen MR) is 134 cm³/mol. The van der Waals surface area contributed by atoms with Crippen molar-refractivity contribution < 1.29 is 18.0 Å². The maximum Gasteiger partial charge on any atom is 0.243 e. The van der Waals surface area contributed by atoms with Gasteiger partial charge >= 0.3 is 0 Å². The third-order valence-electron chi connectivity index (χ3n) is 6.00. The topological polar surface area (TPSA) is 96.4 Å². The third kappa shape index (κ3) is 4.96. The lowest BCUT2D eigenvalue weighted by atomic mass is 9.97. The molecule has 1 aliphatic heterocycles. The number of sulfonamides is 1. The minimum atomic E-state index is -3.61. The first-order valence-corrected chi connectivity index (χ1v) is 13.4. The SMILES string of the molecule is CC(=O)c1sc(NC(=O)C2CCN(S(=O)(=O)c3ccc(C)cc3C)CC2)nc1-c1ccccc1. The van der Waals surface area contributed by atoms with Gasteiger partial charge in [0, 0.05) is 31.5 Å². The van der Waals surface area contributed by atoms with Crippen LogP contribution >= 0.6 is 11.3 Å². The van der Waals surface area contributed by atoms with Gasteiger partial charge in [-0.15, -0.1) is 0 Å². The van der Waals surface area contributed by atoms with E-state index in [1.54, 1.807) is 19.1 Å². The minimum Gasteiger partial charge on any atom is -0.302 e. The number of anilines is 1. The highest BCUT2D eigenvalue weighted by atomic mass is 32.2. The Bertz CT molecular complexity index is 1330. The number of nitrogens with one attached hydrogen (secondary N) is 1. The number of hydrogen-bond acceptors (Lipinski definition) is 6. The zero-order valence-corrected chi connectivity index (χ0v) is 21.0. The van der Waals surface area contributed by atoms with E-state index >= 15 is 0 Å². The van der Waals surface area contributed by atoms with Gasteiger partial charge in [0.15, 0.2) is 10.9 Å². The van der Waals surface area contributed by atoms with E-state index in [2.05, 4.69) is 10.3 Å². The summed E-state index contributed by atoms with van der Waals surface area (Å²) in [6.45, 7) is 5.77. The molecule has 0 spiro atoms. The van der Waals surface area contributed by atoms with Crippen molar-refractivity contribution in [1.82, 2.24) is 9.29 Å². The molecule has 4 rings (SSSR count). The van der Waals surface area contributed by atoms with Crippen LogP contribution in [0.25, 0.3) is 11.3 Å². The van der Waals surface area contributed by atoms with E-state index in [0.717, 1.165) is 28.0 Å². The Balaban J connectivity index is 1.44. The van der Waals surface area contributed by atoms with Crippen molar-refractivity contribution in [1.29, 1.82) is 0 Å². The highest BCUT2D eigenvalue weighted by Gasteiger charge is 2.33. The number of benzene rings is 2. The van der Waals surface area contributed by atoms with Crippen molar-refractivity contribution in [3.05, 3.63) is 64.5 Å². The van der Waals surface area contributed by atoms with Crippen LogP contribution in [0.5, 0.6) is 0 Å². The molecule has 2 aromatic carbocycles. The molecule has 1 saturated heterocycles. The second kappa shape index (κ2) is 9.77. The molecule has 1 fully saturated rings. The van der Waals surface area contributed by atoms with Crippen LogP contribution in [0.4, 0.5) is 5.13 Å². The Morgan fingerprint density at radius 3 is 2.35 bits per heavy atom. The van der Waals surface area contributed by atoms with Crippen molar-refractivity contribution in [3.8, 4) is 11.3 Å². The molecule has 34 heavy (non-hydrogen) atoms. The molecular weight excluding hydrogens is 470 g/mol. The molecule has 0 radical (unpaired) electrons. The molecule has 0 unspecified atom stereocenters. The number of aromatic nitrogens is 1. The van der Waals surface area contributed by atoms with Crippen molar-refractivity contribution in [3.63, 3.8) is 0 Å². The summed E-state index contributed by atoms with van der Waals surface area (Å²) in [6.07, 6.45) is 0.846. The van der Waals surface area contributed by atoms with E-state index in [0.29, 0.717) is 33.4 Å². The number of nitrogens with zero attached hydrogens (tertiary/aromatic N) is 2. The Labute approximate surface area is 203 Å². The number of rotatable bonds is 6. The lowest BCUT2D eigenvalue weighted by Gasteiger charge is -2.30. The number of ketones is 1. The molecule has 178 valence electrons. The minimum absolute atomic E-state index is 0.109. The van der Waals surface area contributed by atoms with Crippen LogP contribution in [0.15, 0.2) is 53.4 Å². The van der Waals surface area contributed by atoms with Gasteiger partial charge in [-0.05, 0) is 38.3 Å². The van der Waals surface area contributed by atoms with E-state index in [4.69, 9.17) is 0 Å². The Morgan fingerprint density at radius 1 is 1.06 bits per heavy atom. The first-order chi connectivity index (χ1) is 16.2. The number of carbonyl (C=O) groups excluding carboxylic acids is 2. The first kappa shape index (κ1) is 24.3. The fraction of sp³-hybridized carbons (Fsp3) is 0.320. The number of Topliss-reactive ketones (excluding diaryl/α,β-unsaturated/α-hetero) is 1. The van der Waals surface area contributed by atoms with Crippen molar-refractivity contribution in [2.24, 2.45) is 5.92 Å². The van der Waals surface area contributed by atoms with Gasteiger partial charge in [-0.25, -0.2) is 13.4 Å². The lowest BCUT2D eigenvalue weighted by Crippen LogP contribution is -2.41. The fourth-order valence-corrected chi connectivity index (χ4v) is 6.76. The summed E-state index contributed by atoms with van der Waals surface area (Å²) in [5.41, 5.74) is 3.11. The Kier molecular flexibility index (Phi) is 6.97. The fourth-order valence-electron chi connectivity index (χ4n) is 4.20. The van der Waals surface area contributed by atoms with Crippen LogP contribution in [0, 0.1) is 19.8 Å². The molecule has 3 aromatic rings. The van der Waals surface area contributed by atoms with Gasteiger partial charge in [-0.1, -0.05) is 59.4 Å². The molecule has 0 atom stereocenters. The quantitative estimate of drug-likeness (QED) is 0.499. The Hall–Kier alpha value is -2.88. The monoisotopic (exact) mass is 497 g/mol. The molecule has 0 saturated carbocycles. The van der Waals surface area contributed by atoms with E-state index in [1.807, 2.05) is 43.3 Å². The average molecular weight is 498 g/mol. The molecule has 2 heterocycles. The molecule has 1 amide bonds. The number of hydrogen-bond donors (Lipinski definition) is 1. The van der Waals surface area contributed by atoms with Gasteiger partial charge < -0.3 is 5.32 Å². The maximum atomic E-state index is 13.1. The van der Waals surface area contributed by atoms with Gasteiger partial charge in [0.1, 0.15) is 0 Å². The van der Waals surface area contributed by atoms with Crippen LogP contribution in [0.3, 0.4) is 0 Å². The molecular formula is C25H27N3O4S2.